The number of para-hydroxylation sites is 1. The summed E-state index contributed by atoms with van der Waals surface area (Å²) in [5.74, 6) is 1.08. The molecule has 3 N–H and O–H groups in total. The van der Waals surface area contributed by atoms with Gasteiger partial charge < -0.3 is 15.6 Å². The summed E-state index contributed by atoms with van der Waals surface area (Å²) in [5, 5.41) is 9.84. The van der Waals surface area contributed by atoms with Gasteiger partial charge in [0.05, 0.1) is 5.69 Å². The second-order valence-electron chi connectivity index (χ2n) is 5.37. The van der Waals surface area contributed by atoms with E-state index in [1.807, 2.05) is 31.2 Å². The van der Waals surface area contributed by atoms with Gasteiger partial charge in [-0.2, -0.15) is 0 Å². The second kappa shape index (κ2) is 5.08. The van der Waals surface area contributed by atoms with E-state index in [0.717, 1.165) is 36.1 Å². The topological polar surface area (TPSA) is 55.5 Å². The van der Waals surface area contributed by atoms with Crippen molar-refractivity contribution in [3.8, 4) is 11.5 Å². The number of phenolic OH excluding ortho intramolecular Hbond substituents is 1. The van der Waals surface area contributed by atoms with Gasteiger partial charge >= 0.3 is 0 Å². The van der Waals surface area contributed by atoms with Crippen LogP contribution in [-0.2, 0) is 6.42 Å². The van der Waals surface area contributed by atoms with E-state index in [1.165, 1.54) is 5.56 Å². The molecule has 3 heteroatoms. The van der Waals surface area contributed by atoms with Crippen molar-refractivity contribution in [3.05, 3.63) is 53.1 Å². The summed E-state index contributed by atoms with van der Waals surface area (Å²) >= 11 is 0. The van der Waals surface area contributed by atoms with E-state index in [0.29, 0.717) is 5.69 Å². The number of rotatable bonds is 1. The molecule has 1 heterocycles. The van der Waals surface area contributed by atoms with E-state index in [2.05, 4.69) is 6.07 Å². The van der Waals surface area contributed by atoms with Gasteiger partial charge in [-0.25, -0.2) is 0 Å². The molecule has 0 bridgehead atoms. The lowest BCUT2D eigenvalue weighted by atomic mass is 9.98. The lowest BCUT2D eigenvalue weighted by Gasteiger charge is -2.20. The van der Waals surface area contributed by atoms with Crippen LogP contribution >= 0.6 is 0 Å². The second-order valence-corrected chi connectivity index (χ2v) is 5.37. The standard InChI is InChI=1S/C17H19NO2/c1-11-9-14(18)15(19)10-13(11)17-8-4-6-12-5-2-3-7-16(12)20-17/h2-3,5,7,9-10,17,19H,4,6,8,18H2,1H3. The predicted molar refractivity (Wildman–Crippen MR) is 80.0 cm³/mol. The molecular formula is C17H19NO2. The van der Waals surface area contributed by atoms with Gasteiger partial charge in [-0.1, -0.05) is 18.2 Å². The predicted octanol–water partition coefficient (Wildman–Crippen LogP) is 3.74. The minimum atomic E-state index is -0.0230. The van der Waals surface area contributed by atoms with Gasteiger partial charge in [-0.15, -0.1) is 0 Å². The fourth-order valence-electron chi connectivity index (χ4n) is 2.82. The molecule has 20 heavy (non-hydrogen) atoms. The van der Waals surface area contributed by atoms with Gasteiger partial charge in [-0.3, -0.25) is 0 Å². The van der Waals surface area contributed by atoms with Gasteiger partial charge in [0.1, 0.15) is 17.6 Å². The van der Waals surface area contributed by atoms with E-state index in [1.54, 1.807) is 6.07 Å². The molecule has 0 saturated carbocycles. The molecule has 0 saturated heterocycles. The maximum Gasteiger partial charge on any atom is 0.138 e. The van der Waals surface area contributed by atoms with Crippen molar-refractivity contribution in [2.24, 2.45) is 0 Å². The molecule has 2 aromatic rings. The number of nitrogen functional groups attached to an aromatic ring is 1. The Morgan fingerprint density at radius 2 is 2.05 bits per heavy atom. The SMILES string of the molecule is Cc1cc(N)c(O)cc1C1CCCc2ccccc2O1. The molecule has 104 valence electrons. The molecular weight excluding hydrogens is 250 g/mol. The molecule has 2 aromatic carbocycles. The Kier molecular flexibility index (Phi) is 3.26. The van der Waals surface area contributed by atoms with Crippen LogP contribution in [0.5, 0.6) is 11.5 Å². The highest BCUT2D eigenvalue weighted by Gasteiger charge is 2.21. The van der Waals surface area contributed by atoms with E-state index >= 15 is 0 Å². The summed E-state index contributed by atoms with van der Waals surface area (Å²) in [7, 11) is 0. The number of hydrogen-bond acceptors (Lipinski definition) is 3. The molecule has 0 fully saturated rings. The molecule has 0 aliphatic carbocycles. The smallest absolute Gasteiger partial charge is 0.138 e. The summed E-state index contributed by atoms with van der Waals surface area (Å²) in [6, 6.07) is 11.7. The Balaban J connectivity index is 1.97. The average molecular weight is 269 g/mol. The first kappa shape index (κ1) is 12.9. The summed E-state index contributed by atoms with van der Waals surface area (Å²) in [5.41, 5.74) is 9.49. The Hall–Kier alpha value is -2.16. The maximum absolute atomic E-state index is 9.84. The number of nitrogens with two attached hydrogens (primary N) is 1. The quantitative estimate of drug-likeness (QED) is 0.612. The third-order valence-electron chi connectivity index (χ3n) is 3.92. The van der Waals surface area contributed by atoms with Crippen LogP contribution in [0.2, 0.25) is 0 Å². The minimum Gasteiger partial charge on any atom is -0.506 e. The summed E-state index contributed by atoms with van der Waals surface area (Å²) in [4.78, 5) is 0. The van der Waals surface area contributed by atoms with Gasteiger partial charge in [0.25, 0.3) is 0 Å². The minimum absolute atomic E-state index is 0.0230. The summed E-state index contributed by atoms with van der Waals surface area (Å²) < 4.78 is 6.17. The van der Waals surface area contributed by atoms with E-state index in [-0.39, 0.29) is 11.9 Å². The van der Waals surface area contributed by atoms with Crippen molar-refractivity contribution in [2.75, 3.05) is 5.73 Å². The Bertz CT molecular complexity index is 637. The molecule has 1 aliphatic rings. The highest BCUT2D eigenvalue weighted by Crippen LogP contribution is 2.37. The van der Waals surface area contributed by atoms with E-state index in [9.17, 15) is 5.11 Å². The van der Waals surface area contributed by atoms with Crippen molar-refractivity contribution < 1.29 is 9.84 Å². The Morgan fingerprint density at radius 1 is 1.25 bits per heavy atom. The first-order valence-electron chi connectivity index (χ1n) is 6.98. The van der Waals surface area contributed by atoms with E-state index < -0.39 is 0 Å². The molecule has 1 unspecified atom stereocenters. The molecule has 1 aliphatic heterocycles. The van der Waals surface area contributed by atoms with Crippen LogP contribution in [0, 0.1) is 6.92 Å². The van der Waals surface area contributed by atoms with Crippen molar-refractivity contribution in [2.45, 2.75) is 32.3 Å². The van der Waals surface area contributed by atoms with Crippen molar-refractivity contribution in [3.63, 3.8) is 0 Å². The van der Waals surface area contributed by atoms with Gasteiger partial charge in [-0.05, 0) is 61.1 Å². The van der Waals surface area contributed by atoms with Gasteiger partial charge in [0, 0.05) is 0 Å². The maximum atomic E-state index is 9.84. The first-order valence-corrected chi connectivity index (χ1v) is 6.98. The zero-order chi connectivity index (χ0) is 14.1. The number of benzene rings is 2. The van der Waals surface area contributed by atoms with Gasteiger partial charge in [0.2, 0.25) is 0 Å². The largest absolute Gasteiger partial charge is 0.506 e. The number of phenols is 1. The number of hydrogen-bond donors (Lipinski definition) is 2. The average Bonchev–Trinajstić information content (AvgIpc) is 2.65. The van der Waals surface area contributed by atoms with Crippen LogP contribution in [-0.4, -0.2) is 5.11 Å². The molecule has 0 amide bonds. The van der Waals surface area contributed by atoms with Crippen molar-refractivity contribution in [1.82, 2.24) is 0 Å². The van der Waals surface area contributed by atoms with Crippen LogP contribution in [0.25, 0.3) is 0 Å². The summed E-state index contributed by atoms with van der Waals surface area (Å²) in [6.45, 7) is 2.01. The fourth-order valence-corrected chi connectivity index (χ4v) is 2.82. The third kappa shape index (κ3) is 2.31. The number of anilines is 1. The molecule has 0 radical (unpaired) electrons. The van der Waals surface area contributed by atoms with Crippen LogP contribution in [0.3, 0.4) is 0 Å². The number of aromatic hydroxyl groups is 1. The van der Waals surface area contributed by atoms with Crippen LogP contribution in [0.15, 0.2) is 36.4 Å². The van der Waals surface area contributed by atoms with E-state index in [4.69, 9.17) is 10.5 Å². The lowest BCUT2D eigenvalue weighted by molar-refractivity contribution is 0.199. The highest BCUT2D eigenvalue weighted by atomic mass is 16.5. The summed E-state index contributed by atoms with van der Waals surface area (Å²) in [6.07, 6.45) is 3.03. The van der Waals surface area contributed by atoms with Crippen molar-refractivity contribution in [1.29, 1.82) is 0 Å². The monoisotopic (exact) mass is 269 g/mol. The molecule has 3 nitrogen and oxygen atoms in total. The Morgan fingerprint density at radius 3 is 2.90 bits per heavy atom. The molecule has 0 aromatic heterocycles. The fraction of sp³-hybridized carbons (Fsp3) is 0.294. The Labute approximate surface area is 119 Å². The molecule has 1 atom stereocenters. The van der Waals surface area contributed by atoms with Crippen LogP contribution in [0.1, 0.15) is 35.6 Å². The zero-order valence-electron chi connectivity index (χ0n) is 11.6. The molecule has 3 rings (SSSR count). The number of fused-ring (bicyclic) bond motifs is 1. The first-order chi connectivity index (χ1) is 9.65. The van der Waals surface area contributed by atoms with Crippen LogP contribution < -0.4 is 10.5 Å². The van der Waals surface area contributed by atoms with Crippen molar-refractivity contribution >= 4 is 5.69 Å². The number of aryl methyl sites for hydroxylation is 2. The normalized spacial score (nSPS) is 17.9. The van der Waals surface area contributed by atoms with Crippen LogP contribution in [0.4, 0.5) is 5.69 Å². The molecule has 0 spiro atoms. The zero-order valence-corrected chi connectivity index (χ0v) is 11.6. The third-order valence-corrected chi connectivity index (χ3v) is 3.92. The lowest BCUT2D eigenvalue weighted by Crippen LogP contribution is -2.08. The van der Waals surface area contributed by atoms with Gasteiger partial charge in [0.15, 0.2) is 0 Å². The highest BCUT2D eigenvalue weighted by molar-refractivity contribution is 5.56. The number of ether oxygens (including phenoxy) is 1.